The second-order valence-electron chi connectivity index (χ2n) is 2.90. The first kappa shape index (κ1) is 14.2. The molecule has 0 fully saturated rings. The number of hydrogen-bond donors (Lipinski definition) is 2. The molecule has 0 saturated heterocycles. The normalized spacial score (nSPS) is 11.7. The third-order valence-electron chi connectivity index (χ3n) is 1.76. The van der Waals surface area contributed by atoms with Gasteiger partial charge in [0.05, 0.1) is 5.02 Å². The zero-order chi connectivity index (χ0) is 10.7. The predicted octanol–water partition coefficient (Wildman–Crippen LogP) is 1.86. The lowest BCUT2D eigenvalue weighted by Crippen LogP contribution is -2.32. The smallest absolute Gasteiger partial charge is 0.320 e. The molecule has 1 aromatic rings. The summed E-state index contributed by atoms with van der Waals surface area (Å²) in [6.07, 6.45) is 0.0867. The Kier molecular flexibility index (Phi) is 5.57. The van der Waals surface area contributed by atoms with Crippen LogP contribution in [0.15, 0.2) is 18.2 Å². The summed E-state index contributed by atoms with van der Waals surface area (Å²) in [6.45, 7) is 0. The van der Waals surface area contributed by atoms with E-state index >= 15 is 0 Å². The van der Waals surface area contributed by atoms with E-state index in [4.69, 9.17) is 22.4 Å². The second kappa shape index (κ2) is 5.90. The molecule has 0 aliphatic rings. The van der Waals surface area contributed by atoms with E-state index in [1.807, 2.05) is 0 Å². The highest BCUT2D eigenvalue weighted by atomic mass is 35.5. The standard InChI is InChI=1S/C9H9ClFNO2.ClH/c10-6-2-1-5(3-7(6)11)4-8(12)9(13)14;/h1-3,8H,4,12H2,(H,13,14);1H/t8-;/m0./s1. The zero-order valence-corrected chi connectivity index (χ0v) is 9.19. The Morgan fingerprint density at radius 1 is 1.60 bits per heavy atom. The molecule has 1 aromatic carbocycles. The molecular weight excluding hydrogens is 244 g/mol. The fourth-order valence-corrected chi connectivity index (χ4v) is 1.13. The predicted molar refractivity (Wildman–Crippen MR) is 58.0 cm³/mol. The summed E-state index contributed by atoms with van der Waals surface area (Å²) in [5.41, 5.74) is 5.80. The lowest BCUT2D eigenvalue weighted by Gasteiger charge is -2.06. The molecule has 0 aliphatic carbocycles. The van der Waals surface area contributed by atoms with E-state index < -0.39 is 17.8 Å². The summed E-state index contributed by atoms with van der Waals surface area (Å²) in [5.74, 6) is -1.68. The van der Waals surface area contributed by atoms with E-state index in [0.717, 1.165) is 0 Å². The van der Waals surface area contributed by atoms with Crippen molar-refractivity contribution in [3.05, 3.63) is 34.6 Å². The summed E-state index contributed by atoms with van der Waals surface area (Å²) in [5, 5.41) is 8.53. The molecule has 0 aliphatic heterocycles. The van der Waals surface area contributed by atoms with Crippen LogP contribution < -0.4 is 5.73 Å². The minimum Gasteiger partial charge on any atom is -0.480 e. The Bertz CT molecular complexity index is 360. The van der Waals surface area contributed by atoms with Gasteiger partial charge in [-0.3, -0.25) is 4.79 Å². The van der Waals surface area contributed by atoms with Gasteiger partial charge in [-0.15, -0.1) is 12.4 Å². The Labute approximate surface area is 97.4 Å². The van der Waals surface area contributed by atoms with Crippen LogP contribution in [0.1, 0.15) is 5.56 Å². The maximum absolute atomic E-state index is 12.9. The highest BCUT2D eigenvalue weighted by Crippen LogP contribution is 2.16. The third-order valence-corrected chi connectivity index (χ3v) is 2.06. The molecule has 0 spiro atoms. The van der Waals surface area contributed by atoms with Crippen LogP contribution in [0, 0.1) is 5.82 Å². The van der Waals surface area contributed by atoms with Crippen LogP contribution in [-0.2, 0) is 11.2 Å². The van der Waals surface area contributed by atoms with Gasteiger partial charge >= 0.3 is 5.97 Å². The van der Waals surface area contributed by atoms with Crippen LogP contribution >= 0.6 is 24.0 Å². The maximum atomic E-state index is 12.9. The number of nitrogens with two attached hydrogens (primary N) is 1. The number of rotatable bonds is 3. The first-order valence-corrected chi connectivity index (χ1v) is 4.31. The molecule has 0 aromatic heterocycles. The van der Waals surface area contributed by atoms with E-state index in [0.29, 0.717) is 5.56 Å². The largest absolute Gasteiger partial charge is 0.480 e. The molecule has 6 heteroatoms. The Morgan fingerprint density at radius 2 is 2.20 bits per heavy atom. The van der Waals surface area contributed by atoms with Crippen LogP contribution in [0.25, 0.3) is 0 Å². The average molecular weight is 254 g/mol. The number of aliphatic carboxylic acids is 1. The minimum atomic E-state index is -1.11. The lowest BCUT2D eigenvalue weighted by molar-refractivity contribution is -0.138. The van der Waals surface area contributed by atoms with Gasteiger partial charge in [-0.25, -0.2) is 4.39 Å². The van der Waals surface area contributed by atoms with E-state index in [9.17, 15) is 9.18 Å². The SMILES string of the molecule is Cl.N[C@@H](Cc1ccc(Cl)c(F)c1)C(=O)O. The number of carboxylic acids is 1. The first-order chi connectivity index (χ1) is 6.50. The van der Waals surface area contributed by atoms with Crippen molar-refractivity contribution in [1.82, 2.24) is 0 Å². The van der Waals surface area contributed by atoms with Crippen molar-refractivity contribution in [2.45, 2.75) is 12.5 Å². The van der Waals surface area contributed by atoms with Gasteiger partial charge in [0.25, 0.3) is 0 Å². The van der Waals surface area contributed by atoms with Crippen molar-refractivity contribution < 1.29 is 14.3 Å². The van der Waals surface area contributed by atoms with Gasteiger partial charge in [0.15, 0.2) is 0 Å². The molecular formula is C9H10Cl2FNO2. The van der Waals surface area contributed by atoms with Crippen molar-refractivity contribution in [3.63, 3.8) is 0 Å². The summed E-state index contributed by atoms with van der Waals surface area (Å²) < 4.78 is 12.9. The Balaban J connectivity index is 0.00000196. The van der Waals surface area contributed by atoms with E-state index in [1.54, 1.807) is 6.07 Å². The molecule has 0 unspecified atom stereocenters. The van der Waals surface area contributed by atoms with Crippen LogP contribution in [0.4, 0.5) is 4.39 Å². The van der Waals surface area contributed by atoms with Gasteiger partial charge in [-0.05, 0) is 24.1 Å². The van der Waals surface area contributed by atoms with Gasteiger partial charge in [-0.2, -0.15) is 0 Å². The molecule has 0 amide bonds. The van der Waals surface area contributed by atoms with Gasteiger partial charge in [0, 0.05) is 0 Å². The number of hydrogen-bond acceptors (Lipinski definition) is 2. The Hall–Kier alpha value is -0.840. The molecule has 3 N–H and O–H groups in total. The second-order valence-corrected chi connectivity index (χ2v) is 3.30. The summed E-state index contributed by atoms with van der Waals surface area (Å²) >= 11 is 5.46. The van der Waals surface area contributed by atoms with Crippen LogP contribution in [0.5, 0.6) is 0 Å². The molecule has 84 valence electrons. The highest BCUT2D eigenvalue weighted by molar-refractivity contribution is 6.30. The molecule has 1 rings (SSSR count). The minimum absolute atomic E-state index is 0. The van der Waals surface area contributed by atoms with Crippen LogP contribution in [0.3, 0.4) is 0 Å². The number of carboxylic acid groups (broad SMARTS) is 1. The van der Waals surface area contributed by atoms with Crippen molar-refractivity contribution in [2.24, 2.45) is 5.73 Å². The van der Waals surface area contributed by atoms with E-state index in [-0.39, 0.29) is 23.9 Å². The van der Waals surface area contributed by atoms with Crippen molar-refractivity contribution >= 4 is 30.0 Å². The number of halogens is 3. The topological polar surface area (TPSA) is 63.3 Å². The molecule has 1 atom stereocenters. The van der Waals surface area contributed by atoms with Crippen molar-refractivity contribution in [1.29, 1.82) is 0 Å². The van der Waals surface area contributed by atoms with Gasteiger partial charge in [0.2, 0.25) is 0 Å². The molecule has 0 radical (unpaired) electrons. The number of benzene rings is 1. The molecule has 15 heavy (non-hydrogen) atoms. The summed E-state index contributed by atoms with van der Waals surface area (Å²) in [4.78, 5) is 10.4. The lowest BCUT2D eigenvalue weighted by atomic mass is 10.1. The monoisotopic (exact) mass is 253 g/mol. The summed E-state index contributed by atoms with van der Waals surface area (Å²) in [6, 6.07) is 3.09. The van der Waals surface area contributed by atoms with Gasteiger partial charge in [-0.1, -0.05) is 17.7 Å². The van der Waals surface area contributed by atoms with Gasteiger partial charge < -0.3 is 10.8 Å². The number of carbonyl (C=O) groups is 1. The molecule has 0 saturated carbocycles. The van der Waals surface area contributed by atoms with E-state index in [1.165, 1.54) is 12.1 Å². The maximum Gasteiger partial charge on any atom is 0.320 e. The van der Waals surface area contributed by atoms with Crippen molar-refractivity contribution in [3.8, 4) is 0 Å². The van der Waals surface area contributed by atoms with Crippen molar-refractivity contribution in [2.75, 3.05) is 0 Å². The van der Waals surface area contributed by atoms with Crippen LogP contribution in [0.2, 0.25) is 5.02 Å². The highest BCUT2D eigenvalue weighted by Gasteiger charge is 2.12. The first-order valence-electron chi connectivity index (χ1n) is 3.93. The third kappa shape index (κ3) is 4.03. The zero-order valence-electron chi connectivity index (χ0n) is 7.61. The fourth-order valence-electron chi connectivity index (χ4n) is 1.01. The quantitative estimate of drug-likeness (QED) is 0.865. The van der Waals surface area contributed by atoms with Crippen LogP contribution in [-0.4, -0.2) is 17.1 Å². The summed E-state index contributed by atoms with van der Waals surface area (Å²) in [7, 11) is 0. The Morgan fingerprint density at radius 3 is 2.67 bits per heavy atom. The molecule has 0 bridgehead atoms. The fraction of sp³-hybridized carbons (Fsp3) is 0.222. The van der Waals surface area contributed by atoms with E-state index in [2.05, 4.69) is 0 Å². The molecule has 0 heterocycles. The van der Waals surface area contributed by atoms with Gasteiger partial charge in [0.1, 0.15) is 11.9 Å². The molecule has 3 nitrogen and oxygen atoms in total. The average Bonchev–Trinajstić information content (AvgIpc) is 2.11.